The highest BCUT2D eigenvalue weighted by atomic mass is 16.7. The maximum Gasteiger partial charge on any atom is 0.341 e. The van der Waals surface area contributed by atoms with Crippen LogP contribution >= 0.6 is 0 Å². The lowest BCUT2D eigenvalue weighted by atomic mass is 9.82. The minimum Gasteiger partial charge on any atom is -0.458 e. The van der Waals surface area contributed by atoms with Crippen molar-refractivity contribution in [2.24, 2.45) is 5.92 Å². The summed E-state index contributed by atoms with van der Waals surface area (Å²) in [4.78, 5) is 37.1. The number of hydrogen-bond donors (Lipinski definition) is 0. The molecule has 0 aromatic carbocycles. The third kappa shape index (κ3) is 2.72. The van der Waals surface area contributed by atoms with Crippen molar-refractivity contribution in [3.63, 3.8) is 0 Å². The van der Waals surface area contributed by atoms with Crippen molar-refractivity contribution in [3.8, 4) is 0 Å². The molecule has 7 heteroatoms. The summed E-state index contributed by atoms with van der Waals surface area (Å²) >= 11 is 0. The lowest BCUT2D eigenvalue weighted by molar-refractivity contribution is -0.159. The lowest BCUT2D eigenvalue weighted by Gasteiger charge is -2.27. The standard InChI is InChI=1S/C20H22O7/c1-5-10(3)17(21)25-14-8-20-16(27-20)13(26-19(20)23)7-9(2)6-12-15(14)11(4)18(22)24-12/h5-6,12-16H,4,7-8H2,1-3H3/b9-6?,10-5-. The van der Waals surface area contributed by atoms with Crippen LogP contribution in [0.25, 0.3) is 0 Å². The average Bonchev–Trinajstić information content (AvgIpc) is 3.20. The van der Waals surface area contributed by atoms with E-state index in [1.54, 1.807) is 19.9 Å². The average molecular weight is 374 g/mol. The molecule has 7 nitrogen and oxygen atoms in total. The Hall–Kier alpha value is -2.41. The maximum absolute atomic E-state index is 12.5. The zero-order valence-electron chi connectivity index (χ0n) is 15.5. The fourth-order valence-corrected chi connectivity index (χ4v) is 4.16. The first-order valence-corrected chi connectivity index (χ1v) is 9.06. The van der Waals surface area contributed by atoms with Crippen LogP contribution in [0, 0.1) is 5.92 Å². The van der Waals surface area contributed by atoms with Gasteiger partial charge < -0.3 is 18.9 Å². The highest BCUT2D eigenvalue weighted by Gasteiger charge is 2.74. The van der Waals surface area contributed by atoms with E-state index in [4.69, 9.17) is 18.9 Å². The number of esters is 3. The van der Waals surface area contributed by atoms with E-state index >= 15 is 0 Å². The topological polar surface area (TPSA) is 91.4 Å². The Morgan fingerprint density at radius 1 is 1.37 bits per heavy atom. The second-order valence-electron chi connectivity index (χ2n) is 7.63. The smallest absolute Gasteiger partial charge is 0.341 e. The molecule has 0 aromatic rings. The summed E-state index contributed by atoms with van der Waals surface area (Å²) < 4.78 is 22.4. The molecule has 0 saturated carbocycles. The Morgan fingerprint density at radius 2 is 2.11 bits per heavy atom. The van der Waals surface area contributed by atoms with Crippen LogP contribution in [0.4, 0.5) is 0 Å². The summed E-state index contributed by atoms with van der Waals surface area (Å²) in [5, 5.41) is 0. The summed E-state index contributed by atoms with van der Waals surface area (Å²) in [7, 11) is 0. The van der Waals surface area contributed by atoms with Crippen molar-refractivity contribution in [1.82, 2.24) is 0 Å². The van der Waals surface area contributed by atoms with Gasteiger partial charge in [-0.25, -0.2) is 14.4 Å². The zero-order valence-corrected chi connectivity index (χ0v) is 15.5. The van der Waals surface area contributed by atoms with Crippen LogP contribution in [-0.4, -0.2) is 47.9 Å². The van der Waals surface area contributed by atoms with Gasteiger partial charge in [0.1, 0.15) is 24.4 Å². The van der Waals surface area contributed by atoms with Gasteiger partial charge in [-0.1, -0.05) is 18.2 Å². The predicted molar refractivity (Wildman–Crippen MR) is 92.3 cm³/mol. The Bertz CT molecular complexity index is 807. The molecule has 0 radical (unpaired) electrons. The van der Waals surface area contributed by atoms with Crippen molar-refractivity contribution in [2.45, 2.75) is 63.6 Å². The van der Waals surface area contributed by atoms with Crippen LogP contribution in [0.1, 0.15) is 33.6 Å². The van der Waals surface area contributed by atoms with E-state index in [0.717, 1.165) is 5.57 Å². The number of allylic oxidation sites excluding steroid dienone is 1. The van der Waals surface area contributed by atoms with Crippen LogP contribution in [0.15, 0.2) is 35.5 Å². The predicted octanol–water partition coefficient (Wildman–Crippen LogP) is 1.77. The van der Waals surface area contributed by atoms with E-state index in [9.17, 15) is 14.4 Å². The molecule has 4 aliphatic rings. The van der Waals surface area contributed by atoms with Crippen molar-refractivity contribution >= 4 is 17.9 Å². The van der Waals surface area contributed by atoms with E-state index < -0.39 is 41.6 Å². The van der Waals surface area contributed by atoms with E-state index in [1.165, 1.54) is 0 Å². The van der Waals surface area contributed by atoms with Crippen LogP contribution < -0.4 is 0 Å². The molecule has 6 unspecified atom stereocenters. The molecule has 27 heavy (non-hydrogen) atoms. The van der Waals surface area contributed by atoms with Gasteiger partial charge in [-0.3, -0.25) is 0 Å². The van der Waals surface area contributed by atoms with Gasteiger partial charge in [-0.2, -0.15) is 0 Å². The molecule has 1 aliphatic carbocycles. The van der Waals surface area contributed by atoms with Crippen LogP contribution in [0.2, 0.25) is 0 Å². The molecule has 144 valence electrons. The lowest BCUT2D eigenvalue weighted by Crippen LogP contribution is -2.39. The second kappa shape index (κ2) is 6.05. The Morgan fingerprint density at radius 3 is 2.78 bits per heavy atom. The van der Waals surface area contributed by atoms with Gasteiger partial charge in [0.2, 0.25) is 0 Å². The first-order chi connectivity index (χ1) is 12.8. The van der Waals surface area contributed by atoms with E-state index in [2.05, 4.69) is 6.58 Å². The summed E-state index contributed by atoms with van der Waals surface area (Å²) in [6, 6.07) is 0. The summed E-state index contributed by atoms with van der Waals surface area (Å²) in [6.07, 6.45) is 1.95. The van der Waals surface area contributed by atoms with Crippen molar-refractivity contribution < 1.29 is 33.3 Å². The fraction of sp³-hybridized carbons (Fsp3) is 0.550. The van der Waals surface area contributed by atoms with Gasteiger partial charge in [0.05, 0.1) is 5.92 Å². The quantitative estimate of drug-likeness (QED) is 0.239. The Balaban J connectivity index is 1.74. The molecule has 3 heterocycles. The highest BCUT2D eigenvalue weighted by molar-refractivity contribution is 5.92. The SMILES string of the molecule is C=C1C(=O)OC2C=C(C)CC3OC(=O)C4(CC(OC(=O)/C(C)=C\C)C12)OC34. The third-order valence-corrected chi connectivity index (χ3v) is 5.83. The number of ether oxygens (including phenoxy) is 4. The molecule has 3 fully saturated rings. The number of carbonyl (C=O) groups excluding carboxylic acids is 3. The van der Waals surface area contributed by atoms with Gasteiger partial charge in [-0.15, -0.1) is 0 Å². The normalized spacial score (nSPS) is 40.4. The Kier molecular flexibility index (Phi) is 4.03. The number of fused-ring (bicyclic) bond motifs is 1. The molecule has 2 bridgehead atoms. The zero-order chi connectivity index (χ0) is 19.5. The van der Waals surface area contributed by atoms with E-state index in [0.29, 0.717) is 12.0 Å². The van der Waals surface area contributed by atoms with Gasteiger partial charge in [0.15, 0.2) is 5.60 Å². The number of hydrogen-bond acceptors (Lipinski definition) is 7. The fourth-order valence-electron chi connectivity index (χ4n) is 4.16. The van der Waals surface area contributed by atoms with Crippen molar-refractivity contribution in [1.29, 1.82) is 0 Å². The minimum absolute atomic E-state index is 0.111. The molecule has 0 N–H and O–H groups in total. The van der Waals surface area contributed by atoms with Gasteiger partial charge in [-0.05, 0) is 26.8 Å². The molecular formula is C20H22O7. The molecule has 0 spiro atoms. The summed E-state index contributed by atoms with van der Waals surface area (Å²) in [5.74, 6) is -2.05. The minimum atomic E-state index is -1.12. The van der Waals surface area contributed by atoms with Gasteiger partial charge in [0, 0.05) is 24.0 Å². The molecular weight excluding hydrogens is 352 g/mol. The molecule has 0 aromatic heterocycles. The molecule has 6 atom stereocenters. The highest BCUT2D eigenvalue weighted by Crippen LogP contribution is 2.53. The van der Waals surface area contributed by atoms with Crippen molar-refractivity contribution in [2.75, 3.05) is 0 Å². The van der Waals surface area contributed by atoms with Crippen LogP contribution in [-0.2, 0) is 33.3 Å². The van der Waals surface area contributed by atoms with Gasteiger partial charge in [0.25, 0.3) is 0 Å². The molecule has 3 saturated heterocycles. The third-order valence-electron chi connectivity index (χ3n) is 5.83. The second-order valence-corrected chi connectivity index (χ2v) is 7.63. The van der Waals surface area contributed by atoms with Crippen LogP contribution in [0.5, 0.6) is 0 Å². The first-order valence-electron chi connectivity index (χ1n) is 9.06. The summed E-state index contributed by atoms with van der Waals surface area (Å²) in [5.41, 5.74) is 0.460. The molecule has 0 amide bonds. The number of rotatable bonds is 2. The number of epoxide rings is 1. The molecule has 4 rings (SSSR count). The summed E-state index contributed by atoms with van der Waals surface area (Å²) in [6.45, 7) is 9.10. The van der Waals surface area contributed by atoms with Crippen molar-refractivity contribution in [3.05, 3.63) is 35.5 Å². The van der Waals surface area contributed by atoms with Gasteiger partial charge >= 0.3 is 17.9 Å². The van der Waals surface area contributed by atoms with Crippen LogP contribution in [0.3, 0.4) is 0 Å². The maximum atomic E-state index is 12.5. The Labute approximate surface area is 157 Å². The largest absolute Gasteiger partial charge is 0.458 e. The van der Waals surface area contributed by atoms with E-state index in [-0.39, 0.29) is 24.2 Å². The number of carbonyl (C=O) groups is 3. The van der Waals surface area contributed by atoms with E-state index in [1.807, 2.05) is 13.0 Å². The first kappa shape index (κ1) is 18.0. The molecule has 3 aliphatic heterocycles. The monoisotopic (exact) mass is 374 g/mol.